The Labute approximate surface area is 95.1 Å². The van der Waals surface area contributed by atoms with Gasteiger partial charge in [-0.2, -0.15) is 5.10 Å². The van der Waals surface area contributed by atoms with Crippen molar-refractivity contribution in [2.75, 3.05) is 17.6 Å². The van der Waals surface area contributed by atoms with Gasteiger partial charge in [0.25, 0.3) is 0 Å². The fourth-order valence-electron chi connectivity index (χ4n) is 1.51. The van der Waals surface area contributed by atoms with Crippen molar-refractivity contribution in [3.8, 4) is 0 Å². The number of nitrogens with two attached hydrogens (primary N) is 1. The summed E-state index contributed by atoms with van der Waals surface area (Å²) in [7, 11) is 0. The van der Waals surface area contributed by atoms with E-state index in [1.807, 2.05) is 41.2 Å². The van der Waals surface area contributed by atoms with Gasteiger partial charge in [-0.15, -0.1) is 0 Å². The van der Waals surface area contributed by atoms with Gasteiger partial charge in [0.1, 0.15) is 0 Å². The molecule has 0 aliphatic heterocycles. The minimum absolute atomic E-state index is 0.794. The first-order chi connectivity index (χ1) is 7.84. The smallest absolute Gasteiger partial charge is 0.0489 e. The topological polar surface area (TPSA) is 55.9 Å². The molecule has 0 fully saturated rings. The maximum Gasteiger partial charge on any atom is 0.0489 e. The number of aromatic nitrogens is 2. The lowest BCUT2D eigenvalue weighted by Crippen LogP contribution is -2.06. The van der Waals surface area contributed by atoms with E-state index in [0.717, 1.165) is 30.9 Å². The van der Waals surface area contributed by atoms with Crippen LogP contribution in [-0.2, 0) is 6.54 Å². The van der Waals surface area contributed by atoms with Crippen LogP contribution in [0.3, 0.4) is 0 Å². The summed E-state index contributed by atoms with van der Waals surface area (Å²) in [5, 5.41) is 7.48. The average molecular weight is 216 g/mol. The predicted molar refractivity (Wildman–Crippen MR) is 66.2 cm³/mol. The van der Waals surface area contributed by atoms with Crippen LogP contribution in [0, 0.1) is 0 Å². The standard InChI is InChI=1S/C12H16N4/c13-11-3-5-12(6-4-11)14-7-1-9-16-10-2-8-15-16/h2-6,8,10,14H,1,7,9,13H2. The summed E-state index contributed by atoms with van der Waals surface area (Å²) in [5.74, 6) is 0. The molecule has 2 rings (SSSR count). The van der Waals surface area contributed by atoms with E-state index in [-0.39, 0.29) is 0 Å². The molecule has 2 aromatic rings. The Hall–Kier alpha value is -1.97. The normalized spacial score (nSPS) is 10.2. The molecule has 0 aliphatic rings. The molecule has 0 aliphatic carbocycles. The molecule has 0 spiro atoms. The van der Waals surface area contributed by atoms with Crippen LogP contribution in [0.4, 0.5) is 11.4 Å². The maximum atomic E-state index is 5.61. The zero-order valence-corrected chi connectivity index (χ0v) is 9.13. The van der Waals surface area contributed by atoms with Crippen LogP contribution in [0.1, 0.15) is 6.42 Å². The van der Waals surface area contributed by atoms with E-state index in [2.05, 4.69) is 10.4 Å². The molecule has 1 aromatic heterocycles. The second-order valence-electron chi connectivity index (χ2n) is 3.67. The first kappa shape index (κ1) is 10.5. The van der Waals surface area contributed by atoms with Gasteiger partial charge >= 0.3 is 0 Å². The molecule has 0 saturated heterocycles. The van der Waals surface area contributed by atoms with Crippen LogP contribution >= 0.6 is 0 Å². The summed E-state index contributed by atoms with van der Waals surface area (Å²) < 4.78 is 1.94. The highest BCUT2D eigenvalue weighted by Gasteiger charge is 1.93. The Morgan fingerprint density at radius 2 is 2.06 bits per heavy atom. The SMILES string of the molecule is Nc1ccc(NCCCn2cccn2)cc1. The minimum atomic E-state index is 0.794. The van der Waals surface area contributed by atoms with Crippen LogP contribution in [0.5, 0.6) is 0 Å². The van der Waals surface area contributed by atoms with Gasteiger partial charge in [0.15, 0.2) is 0 Å². The van der Waals surface area contributed by atoms with Crippen molar-refractivity contribution in [3.63, 3.8) is 0 Å². The Kier molecular flexibility index (Phi) is 3.43. The third-order valence-corrected chi connectivity index (χ3v) is 2.36. The summed E-state index contributed by atoms with van der Waals surface area (Å²) in [6.07, 6.45) is 4.82. The number of anilines is 2. The van der Waals surface area contributed by atoms with Gasteiger partial charge in [-0.05, 0) is 36.8 Å². The highest BCUT2D eigenvalue weighted by Crippen LogP contribution is 2.10. The highest BCUT2D eigenvalue weighted by molar-refractivity contribution is 5.50. The summed E-state index contributed by atoms with van der Waals surface area (Å²) in [4.78, 5) is 0. The molecule has 1 aromatic carbocycles. The quantitative estimate of drug-likeness (QED) is 0.593. The Balaban J connectivity index is 1.70. The number of hydrogen-bond acceptors (Lipinski definition) is 3. The summed E-state index contributed by atoms with van der Waals surface area (Å²) >= 11 is 0. The van der Waals surface area contributed by atoms with E-state index >= 15 is 0 Å². The number of aryl methyl sites for hydroxylation is 1. The van der Waals surface area contributed by atoms with Crippen LogP contribution in [0.2, 0.25) is 0 Å². The highest BCUT2D eigenvalue weighted by atomic mass is 15.3. The second-order valence-corrected chi connectivity index (χ2v) is 3.67. The third-order valence-electron chi connectivity index (χ3n) is 2.36. The number of nitrogen functional groups attached to an aromatic ring is 1. The predicted octanol–water partition coefficient (Wildman–Crippen LogP) is 1.97. The zero-order chi connectivity index (χ0) is 11.2. The lowest BCUT2D eigenvalue weighted by atomic mass is 10.3. The van der Waals surface area contributed by atoms with Crippen molar-refractivity contribution in [1.82, 2.24) is 9.78 Å². The molecule has 0 atom stereocenters. The fraction of sp³-hybridized carbons (Fsp3) is 0.250. The van der Waals surface area contributed by atoms with E-state index in [1.54, 1.807) is 6.20 Å². The fourth-order valence-corrected chi connectivity index (χ4v) is 1.51. The van der Waals surface area contributed by atoms with Crippen molar-refractivity contribution >= 4 is 11.4 Å². The molecule has 4 heteroatoms. The molecule has 0 unspecified atom stereocenters. The van der Waals surface area contributed by atoms with E-state index in [4.69, 9.17) is 5.73 Å². The lowest BCUT2D eigenvalue weighted by Gasteiger charge is -2.06. The zero-order valence-electron chi connectivity index (χ0n) is 9.13. The molecule has 0 radical (unpaired) electrons. The van der Waals surface area contributed by atoms with Gasteiger partial charge in [0.05, 0.1) is 0 Å². The van der Waals surface area contributed by atoms with Crippen molar-refractivity contribution < 1.29 is 0 Å². The number of nitrogens with zero attached hydrogens (tertiary/aromatic N) is 2. The van der Waals surface area contributed by atoms with E-state index in [9.17, 15) is 0 Å². The van der Waals surface area contributed by atoms with Crippen LogP contribution in [0.25, 0.3) is 0 Å². The van der Waals surface area contributed by atoms with Crippen molar-refractivity contribution in [2.45, 2.75) is 13.0 Å². The third kappa shape index (κ3) is 3.02. The van der Waals surface area contributed by atoms with Gasteiger partial charge in [-0.25, -0.2) is 0 Å². The number of rotatable bonds is 5. The monoisotopic (exact) mass is 216 g/mol. The molecule has 3 N–H and O–H groups in total. The largest absolute Gasteiger partial charge is 0.399 e. The first-order valence-electron chi connectivity index (χ1n) is 5.41. The summed E-state index contributed by atoms with van der Waals surface area (Å²) in [5.41, 5.74) is 7.51. The minimum Gasteiger partial charge on any atom is -0.399 e. The molecular weight excluding hydrogens is 200 g/mol. The Morgan fingerprint density at radius 3 is 2.75 bits per heavy atom. The van der Waals surface area contributed by atoms with Gasteiger partial charge in [0.2, 0.25) is 0 Å². The van der Waals surface area contributed by atoms with Crippen LogP contribution in [0.15, 0.2) is 42.7 Å². The first-order valence-corrected chi connectivity index (χ1v) is 5.41. The Morgan fingerprint density at radius 1 is 1.25 bits per heavy atom. The van der Waals surface area contributed by atoms with Gasteiger partial charge in [-0.1, -0.05) is 0 Å². The molecule has 16 heavy (non-hydrogen) atoms. The number of benzene rings is 1. The van der Waals surface area contributed by atoms with Gasteiger partial charge < -0.3 is 11.1 Å². The molecule has 1 heterocycles. The maximum absolute atomic E-state index is 5.61. The molecule has 0 saturated carbocycles. The van der Waals surface area contributed by atoms with Gasteiger partial charge in [-0.3, -0.25) is 4.68 Å². The number of hydrogen-bond donors (Lipinski definition) is 2. The van der Waals surface area contributed by atoms with Crippen molar-refractivity contribution in [2.24, 2.45) is 0 Å². The summed E-state index contributed by atoms with van der Waals surface area (Å²) in [6.45, 7) is 1.87. The van der Waals surface area contributed by atoms with Crippen molar-refractivity contribution in [3.05, 3.63) is 42.7 Å². The molecule has 4 nitrogen and oxygen atoms in total. The van der Waals surface area contributed by atoms with Gasteiger partial charge in [0, 0.05) is 36.9 Å². The lowest BCUT2D eigenvalue weighted by molar-refractivity contribution is 0.592. The summed E-state index contributed by atoms with van der Waals surface area (Å²) in [6, 6.07) is 9.71. The second kappa shape index (κ2) is 5.21. The van der Waals surface area contributed by atoms with E-state index < -0.39 is 0 Å². The van der Waals surface area contributed by atoms with E-state index in [0.29, 0.717) is 0 Å². The Bertz CT molecular complexity index is 405. The molecule has 0 bridgehead atoms. The molecule has 84 valence electrons. The van der Waals surface area contributed by atoms with Crippen LogP contribution in [-0.4, -0.2) is 16.3 Å². The molecular formula is C12H16N4. The van der Waals surface area contributed by atoms with Crippen LogP contribution < -0.4 is 11.1 Å². The van der Waals surface area contributed by atoms with E-state index in [1.165, 1.54) is 0 Å². The number of nitrogens with one attached hydrogen (secondary N) is 1. The molecule has 0 amide bonds. The van der Waals surface area contributed by atoms with Crippen molar-refractivity contribution in [1.29, 1.82) is 0 Å². The average Bonchev–Trinajstić information content (AvgIpc) is 2.80.